The minimum Gasteiger partial charge on any atom is -0.398 e. The summed E-state index contributed by atoms with van der Waals surface area (Å²) in [4.78, 5) is 8.26. The molecule has 0 saturated carbocycles. The van der Waals surface area contributed by atoms with Crippen molar-refractivity contribution in [1.29, 1.82) is 0 Å². The lowest BCUT2D eigenvalue weighted by molar-refractivity contribution is 0.922. The van der Waals surface area contributed by atoms with Crippen molar-refractivity contribution in [2.75, 3.05) is 5.73 Å². The lowest BCUT2D eigenvalue weighted by atomic mass is 9.99. The standard InChI is InChI=1S/C14H17N5S2/c1-2-3-8-6-9(12(16)19-14(17)20)11(15)10(7-8)13-18-4-5-21-13/h4-7H,2-3,15H2,1H3,(H4,16,17,19,20). The number of aromatic nitrogens is 1. The van der Waals surface area contributed by atoms with E-state index in [1.165, 1.54) is 11.3 Å². The van der Waals surface area contributed by atoms with Crippen LogP contribution in [0.3, 0.4) is 0 Å². The summed E-state index contributed by atoms with van der Waals surface area (Å²) in [5.74, 6) is 0.232. The highest BCUT2D eigenvalue weighted by Crippen LogP contribution is 2.32. The third kappa shape index (κ3) is 3.56. The summed E-state index contributed by atoms with van der Waals surface area (Å²) in [6.45, 7) is 2.12. The largest absolute Gasteiger partial charge is 0.398 e. The van der Waals surface area contributed by atoms with Crippen LogP contribution in [-0.4, -0.2) is 15.9 Å². The Labute approximate surface area is 132 Å². The fourth-order valence-corrected chi connectivity index (χ4v) is 2.84. The topological polar surface area (TPSA) is 103 Å². The van der Waals surface area contributed by atoms with Crippen molar-refractivity contribution in [1.82, 2.24) is 4.98 Å². The Hall–Kier alpha value is -1.99. The number of thiazole rings is 1. The van der Waals surface area contributed by atoms with Gasteiger partial charge in [0.25, 0.3) is 0 Å². The number of aliphatic imine (C=N–C) groups is 1. The fourth-order valence-electron chi connectivity index (χ4n) is 2.07. The van der Waals surface area contributed by atoms with Crippen molar-refractivity contribution in [3.05, 3.63) is 34.8 Å². The van der Waals surface area contributed by atoms with Crippen molar-refractivity contribution in [3.8, 4) is 10.6 Å². The van der Waals surface area contributed by atoms with E-state index < -0.39 is 0 Å². The molecular formula is C14H17N5S2. The average molecular weight is 319 g/mol. The number of nitrogens with two attached hydrogens (primary N) is 3. The van der Waals surface area contributed by atoms with Crippen molar-refractivity contribution < 1.29 is 0 Å². The van der Waals surface area contributed by atoms with E-state index in [2.05, 4.69) is 23.0 Å². The maximum absolute atomic E-state index is 6.24. The molecule has 0 amide bonds. The number of thiocarbonyl (C=S) groups is 1. The maximum atomic E-state index is 6.24. The van der Waals surface area contributed by atoms with Gasteiger partial charge in [-0.05, 0) is 36.3 Å². The van der Waals surface area contributed by atoms with Crippen LogP contribution in [0.25, 0.3) is 10.6 Å². The van der Waals surface area contributed by atoms with Crippen LogP contribution in [0.15, 0.2) is 28.7 Å². The van der Waals surface area contributed by atoms with Gasteiger partial charge in [0.05, 0.1) is 5.69 Å². The van der Waals surface area contributed by atoms with Crippen molar-refractivity contribution in [3.63, 3.8) is 0 Å². The first kappa shape index (κ1) is 15.4. The summed E-state index contributed by atoms with van der Waals surface area (Å²) in [5.41, 5.74) is 20.8. The van der Waals surface area contributed by atoms with Crippen LogP contribution in [0.1, 0.15) is 24.5 Å². The molecule has 1 aromatic carbocycles. The van der Waals surface area contributed by atoms with Crippen LogP contribution in [0.2, 0.25) is 0 Å². The quantitative estimate of drug-likeness (QED) is 0.347. The number of nitrogen functional groups attached to an aromatic ring is 1. The minimum atomic E-state index is -0.0106. The zero-order chi connectivity index (χ0) is 15.4. The second-order valence-corrected chi connectivity index (χ2v) is 5.84. The van der Waals surface area contributed by atoms with Crippen LogP contribution in [-0.2, 0) is 6.42 Å². The Morgan fingerprint density at radius 2 is 2.14 bits per heavy atom. The average Bonchev–Trinajstić information content (AvgIpc) is 2.93. The van der Waals surface area contributed by atoms with Gasteiger partial charge in [-0.2, -0.15) is 0 Å². The van der Waals surface area contributed by atoms with Gasteiger partial charge >= 0.3 is 0 Å². The molecule has 21 heavy (non-hydrogen) atoms. The normalized spacial score (nSPS) is 11.6. The van der Waals surface area contributed by atoms with Crippen LogP contribution in [0.4, 0.5) is 5.69 Å². The van der Waals surface area contributed by atoms with Crippen molar-refractivity contribution >= 4 is 40.2 Å². The van der Waals surface area contributed by atoms with E-state index in [0.29, 0.717) is 11.3 Å². The molecule has 0 saturated heterocycles. The highest BCUT2D eigenvalue weighted by atomic mass is 32.1. The summed E-state index contributed by atoms with van der Waals surface area (Å²) in [6, 6.07) is 3.99. The van der Waals surface area contributed by atoms with Crippen molar-refractivity contribution in [2.45, 2.75) is 19.8 Å². The monoisotopic (exact) mass is 319 g/mol. The predicted molar refractivity (Wildman–Crippen MR) is 93.5 cm³/mol. The Morgan fingerprint density at radius 3 is 2.71 bits per heavy atom. The predicted octanol–water partition coefficient (Wildman–Crippen LogP) is 2.29. The molecule has 1 aromatic heterocycles. The molecular weight excluding hydrogens is 302 g/mol. The van der Waals surface area contributed by atoms with E-state index in [4.69, 9.17) is 29.4 Å². The summed E-state index contributed by atoms with van der Waals surface area (Å²) in [7, 11) is 0. The van der Waals surface area contributed by atoms with Gasteiger partial charge in [-0.15, -0.1) is 11.3 Å². The number of anilines is 1. The third-order valence-electron chi connectivity index (χ3n) is 2.95. The first-order chi connectivity index (χ1) is 10.0. The zero-order valence-corrected chi connectivity index (χ0v) is 13.3. The number of amidine groups is 1. The lowest BCUT2D eigenvalue weighted by Crippen LogP contribution is -2.20. The van der Waals surface area contributed by atoms with Crippen LogP contribution >= 0.6 is 23.6 Å². The van der Waals surface area contributed by atoms with Gasteiger partial charge in [-0.3, -0.25) is 0 Å². The molecule has 0 fully saturated rings. The van der Waals surface area contributed by atoms with E-state index in [9.17, 15) is 0 Å². The molecule has 2 aromatic rings. The Morgan fingerprint density at radius 1 is 1.38 bits per heavy atom. The summed E-state index contributed by atoms with van der Waals surface area (Å²) in [5, 5.41) is 2.76. The highest BCUT2D eigenvalue weighted by Gasteiger charge is 2.14. The van der Waals surface area contributed by atoms with Crippen molar-refractivity contribution in [2.24, 2.45) is 16.5 Å². The van der Waals surface area contributed by atoms with E-state index >= 15 is 0 Å². The van der Waals surface area contributed by atoms with E-state index in [0.717, 1.165) is 29.0 Å². The molecule has 7 heteroatoms. The smallest absolute Gasteiger partial charge is 0.192 e. The summed E-state index contributed by atoms with van der Waals surface area (Å²) >= 11 is 6.30. The Balaban J connectivity index is 2.61. The highest BCUT2D eigenvalue weighted by molar-refractivity contribution is 7.80. The van der Waals surface area contributed by atoms with Gasteiger partial charge in [0, 0.05) is 22.7 Å². The molecule has 0 unspecified atom stereocenters. The molecule has 6 N–H and O–H groups in total. The van der Waals surface area contributed by atoms with Gasteiger partial charge in [0.2, 0.25) is 0 Å². The SMILES string of the molecule is CCCc1cc(/C(N)=N/C(N)=S)c(N)c(-c2nccs2)c1. The molecule has 0 radical (unpaired) electrons. The number of hydrogen-bond acceptors (Lipinski definition) is 4. The number of nitrogens with zero attached hydrogens (tertiary/aromatic N) is 2. The van der Waals surface area contributed by atoms with Gasteiger partial charge in [-0.25, -0.2) is 9.98 Å². The third-order valence-corrected chi connectivity index (χ3v) is 3.85. The Kier molecular flexibility index (Phi) is 4.87. The molecule has 0 spiro atoms. The van der Waals surface area contributed by atoms with Crippen LogP contribution < -0.4 is 17.2 Å². The number of hydrogen-bond donors (Lipinski definition) is 3. The number of aryl methyl sites for hydroxylation is 1. The number of rotatable bonds is 4. The van der Waals surface area contributed by atoms with Gasteiger partial charge in [-0.1, -0.05) is 13.3 Å². The number of benzene rings is 1. The molecule has 0 aliphatic rings. The second-order valence-electron chi connectivity index (χ2n) is 4.53. The lowest BCUT2D eigenvalue weighted by Gasteiger charge is -2.12. The van der Waals surface area contributed by atoms with Gasteiger partial charge in [0.1, 0.15) is 10.8 Å². The first-order valence-electron chi connectivity index (χ1n) is 6.49. The summed E-state index contributed by atoms with van der Waals surface area (Å²) in [6.07, 6.45) is 3.69. The Bertz CT molecular complexity index is 677. The molecule has 0 aliphatic carbocycles. The minimum absolute atomic E-state index is 0.0106. The van der Waals surface area contributed by atoms with Crippen LogP contribution in [0.5, 0.6) is 0 Å². The molecule has 2 rings (SSSR count). The summed E-state index contributed by atoms with van der Waals surface area (Å²) < 4.78 is 0. The zero-order valence-electron chi connectivity index (χ0n) is 11.7. The molecule has 0 bridgehead atoms. The van der Waals surface area contributed by atoms with E-state index in [-0.39, 0.29) is 10.9 Å². The van der Waals surface area contributed by atoms with Crippen LogP contribution in [0, 0.1) is 0 Å². The molecule has 1 heterocycles. The molecule has 0 aliphatic heterocycles. The molecule has 110 valence electrons. The first-order valence-corrected chi connectivity index (χ1v) is 7.78. The fraction of sp³-hybridized carbons (Fsp3) is 0.214. The molecule has 0 atom stereocenters. The van der Waals surface area contributed by atoms with Gasteiger partial charge in [0.15, 0.2) is 5.11 Å². The maximum Gasteiger partial charge on any atom is 0.192 e. The molecule has 5 nitrogen and oxygen atoms in total. The second kappa shape index (κ2) is 6.64. The van der Waals surface area contributed by atoms with E-state index in [1.54, 1.807) is 6.20 Å². The van der Waals surface area contributed by atoms with Gasteiger partial charge < -0.3 is 17.2 Å². The van der Waals surface area contributed by atoms with E-state index in [1.807, 2.05) is 11.4 Å².